The summed E-state index contributed by atoms with van der Waals surface area (Å²) in [6.07, 6.45) is 0. The van der Waals surface area contributed by atoms with Crippen LogP contribution in [0.15, 0.2) is 47.4 Å². The molecule has 0 atom stereocenters. The van der Waals surface area contributed by atoms with Crippen molar-refractivity contribution in [3.63, 3.8) is 0 Å². The van der Waals surface area contributed by atoms with Crippen LogP contribution in [0.2, 0.25) is 0 Å². The molecule has 0 amide bonds. The molecule has 0 fully saturated rings. The number of aromatic carboxylic acids is 1. The van der Waals surface area contributed by atoms with Gasteiger partial charge in [-0.25, -0.2) is 4.79 Å². The van der Waals surface area contributed by atoms with E-state index in [2.05, 4.69) is 31.2 Å². The number of carboxylic acids is 1. The van der Waals surface area contributed by atoms with E-state index in [1.165, 1.54) is 10.5 Å². The fourth-order valence-corrected chi connectivity index (χ4v) is 2.60. The van der Waals surface area contributed by atoms with E-state index in [4.69, 9.17) is 9.84 Å². The first-order valence-electron chi connectivity index (χ1n) is 6.72. The summed E-state index contributed by atoms with van der Waals surface area (Å²) in [6.45, 7) is 4.45. The van der Waals surface area contributed by atoms with E-state index in [1.54, 1.807) is 30.0 Å². The Balaban J connectivity index is 1.90. The van der Waals surface area contributed by atoms with Crippen LogP contribution in [0, 0.1) is 13.8 Å². The highest BCUT2D eigenvalue weighted by Gasteiger charge is 2.11. The van der Waals surface area contributed by atoms with Gasteiger partial charge in [-0.05, 0) is 43.7 Å². The van der Waals surface area contributed by atoms with Gasteiger partial charge in [-0.2, -0.15) is 0 Å². The molecule has 0 aliphatic heterocycles. The number of aryl methyl sites for hydroxylation is 2. The van der Waals surface area contributed by atoms with E-state index >= 15 is 0 Å². The van der Waals surface area contributed by atoms with Crippen LogP contribution < -0.4 is 4.74 Å². The summed E-state index contributed by atoms with van der Waals surface area (Å²) >= 11 is 1.69. The van der Waals surface area contributed by atoms with Crippen molar-refractivity contribution in [3.05, 3.63) is 59.2 Å². The van der Waals surface area contributed by atoms with Gasteiger partial charge < -0.3 is 9.84 Å². The number of hydrogen-bond donors (Lipinski definition) is 1. The van der Waals surface area contributed by atoms with Crippen LogP contribution in [-0.2, 0) is 0 Å². The molecule has 110 valence electrons. The molecule has 0 radical (unpaired) electrons. The van der Waals surface area contributed by atoms with Crippen molar-refractivity contribution in [3.8, 4) is 5.75 Å². The summed E-state index contributed by atoms with van der Waals surface area (Å²) in [7, 11) is 0. The maximum Gasteiger partial charge on any atom is 0.339 e. The SMILES string of the molecule is Cc1ccc(SCCOc2cc(C)ccc2C(=O)O)cc1. The molecule has 0 aliphatic carbocycles. The maximum atomic E-state index is 11.1. The minimum atomic E-state index is -0.962. The van der Waals surface area contributed by atoms with Crippen molar-refractivity contribution in [2.24, 2.45) is 0 Å². The summed E-state index contributed by atoms with van der Waals surface area (Å²) in [5.74, 6) is 0.249. The molecule has 0 saturated carbocycles. The van der Waals surface area contributed by atoms with Crippen LogP contribution in [0.1, 0.15) is 21.5 Å². The van der Waals surface area contributed by atoms with Gasteiger partial charge >= 0.3 is 5.97 Å². The number of carbonyl (C=O) groups is 1. The van der Waals surface area contributed by atoms with Crippen LogP contribution in [0.25, 0.3) is 0 Å². The molecular weight excluding hydrogens is 284 g/mol. The Morgan fingerprint density at radius 3 is 2.43 bits per heavy atom. The topological polar surface area (TPSA) is 46.5 Å². The highest BCUT2D eigenvalue weighted by Crippen LogP contribution is 2.22. The number of rotatable bonds is 6. The third kappa shape index (κ3) is 4.53. The van der Waals surface area contributed by atoms with Gasteiger partial charge in [0, 0.05) is 10.6 Å². The minimum absolute atomic E-state index is 0.209. The van der Waals surface area contributed by atoms with E-state index < -0.39 is 5.97 Å². The van der Waals surface area contributed by atoms with Gasteiger partial charge in [0.25, 0.3) is 0 Å². The van der Waals surface area contributed by atoms with Gasteiger partial charge in [0.1, 0.15) is 11.3 Å². The number of ether oxygens (including phenoxy) is 1. The van der Waals surface area contributed by atoms with Crippen LogP contribution >= 0.6 is 11.8 Å². The van der Waals surface area contributed by atoms with Gasteiger partial charge in [-0.3, -0.25) is 0 Å². The molecule has 0 aliphatic rings. The molecule has 21 heavy (non-hydrogen) atoms. The number of thioether (sulfide) groups is 1. The second kappa shape index (κ2) is 7.18. The van der Waals surface area contributed by atoms with Crippen LogP contribution in [0.4, 0.5) is 0 Å². The zero-order valence-corrected chi connectivity index (χ0v) is 12.9. The van der Waals surface area contributed by atoms with E-state index in [1.807, 2.05) is 6.92 Å². The lowest BCUT2D eigenvalue weighted by Crippen LogP contribution is -2.06. The van der Waals surface area contributed by atoms with Crippen molar-refractivity contribution in [1.82, 2.24) is 0 Å². The molecular formula is C17H18O3S. The lowest BCUT2D eigenvalue weighted by Gasteiger charge is -2.10. The molecule has 2 aromatic carbocycles. The first-order valence-corrected chi connectivity index (χ1v) is 7.71. The Hall–Kier alpha value is -1.94. The predicted octanol–water partition coefficient (Wildman–Crippen LogP) is 4.17. The fourth-order valence-electron chi connectivity index (χ4n) is 1.87. The van der Waals surface area contributed by atoms with Crippen LogP contribution in [0.5, 0.6) is 5.75 Å². The first kappa shape index (κ1) is 15.4. The third-order valence-corrected chi connectivity index (χ3v) is 3.97. The Kier molecular flexibility index (Phi) is 5.28. The largest absolute Gasteiger partial charge is 0.492 e. The minimum Gasteiger partial charge on any atom is -0.492 e. The molecule has 3 nitrogen and oxygen atoms in total. The summed E-state index contributed by atoms with van der Waals surface area (Å²) in [5, 5.41) is 9.13. The molecule has 2 aromatic rings. The second-order valence-electron chi connectivity index (χ2n) is 4.81. The highest BCUT2D eigenvalue weighted by atomic mass is 32.2. The van der Waals surface area contributed by atoms with Crippen molar-refractivity contribution < 1.29 is 14.6 Å². The molecule has 1 N–H and O–H groups in total. The molecule has 0 heterocycles. The number of benzene rings is 2. The molecule has 0 saturated heterocycles. The summed E-state index contributed by atoms with van der Waals surface area (Å²) in [4.78, 5) is 12.3. The first-order chi connectivity index (χ1) is 10.1. The quantitative estimate of drug-likeness (QED) is 0.642. The molecule has 0 bridgehead atoms. The normalized spacial score (nSPS) is 10.4. The van der Waals surface area contributed by atoms with Gasteiger partial charge in [-0.1, -0.05) is 23.8 Å². The standard InChI is InChI=1S/C17H18O3S/c1-12-3-6-14(7-4-12)21-10-9-20-16-11-13(2)5-8-15(16)17(18)19/h3-8,11H,9-10H2,1-2H3,(H,18,19). The average Bonchev–Trinajstić information content (AvgIpc) is 2.45. The molecule has 0 unspecified atom stereocenters. The van der Waals surface area contributed by atoms with Gasteiger partial charge in [0.05, 0.1) is 6.61 Å². The van der Waals surface area contributed by atoms with Crippen molar-refractivity contribution in [2.45, 2.75) is 18.7 Å². The summed E-state index contributed by atoms with van der Waals surface area (Å²) < 4.78 is 5.62. The second-order valence-corrected chi connectivity index (χ2v) is 5.98. The predicted molar refractivity (Wildman–Crippen MR) is 85.5 cm³/mol. The third-order valence-electron chi connectivity index (χ3n) is 3.00. The zero-order chi connectivity index (χ0) is 15.2. The Bertz CT molecular complexity index is 620. The average molecular weight is 302 g/mol. The van der Waals surface area contributed by atoms with Gasteiger partial charge in [0.2, 0.25) is 0 Å². The maximum absolute atomic E-state index is 11.1. The highest BCUT2D eigenvalue weighted by molar-refractivity contribution is 7.99. The zero-order valence-electron chi connectivity index (χ0n) is 12.1. The monoisotopic (exact) mass is 302 g/mol. The Labute approximate surface area is 129 Å². The molecule has 0 aromatic heterocycles. The molecule has 0 spiro atoms. The van der Waals surface area contributed by atoms with Crippen LogP contribution in [-0.4, -0.2) is 23.4 Å². The molecule has 4 heteroatoms. The molecule has 2 rings (SSSR count). The van der Waals surface area contributed by atoms with E-state index in [0.717, 1.165) is 11.3 Å². The summed E-state index contributed by atoms with van der Waals surface area (Å²) in [6, 6.07) is 13.4. The number of carboxylic acid groups (broad SMARTS) is 1. The smallest absolute Gasteiger partial charge is 0.339 e. The lowest BCUT2D eigenvalue weighted by atomic mass is 10.1. The number of hydrogen-bond acceptors (Lipinski definition) is 3. The van der Waals surface area contributed by atoms with Gasteiger partial charge in [-0.15, -0.1) is 11.8 Å². The van der Waals surface area contributed by atoms with Crippen LogP contribution in [0.3, 0.4) is 0 Å². The lowest BCUT2D eigenvalue weighted by molar-refractivity contribution is 0.0692. The van der Waals surface area contributed by atoms with Crippen molar-refractivity contribution in [2.75, 3.05) is 12.4 Å². The van der Waals surface area contributed by atoms with Crippen molar-refractivity contribution >= 4 is 17.7 Å². The van der Waals surface area contributed by atoms with E-state index in [-0.39, 0.29) is 5.56 Å². The van der Waals surface area contributed by atoms with Gasteiger partial charge in [0.15, 0.2) is 0 Å². The van der Waals surface area contributed by atoms with E-state index in [9.17, 15) is 4.79 Å². The van der Waals surface area contributed by atoms with Crippen molar-refractivity contribution in [1.29, 1.82) is 0 Å². The Morgan fingerprint density at radius 1 is 1.10 bits per heavy atom. The Morgan fingerprint density at radius 2 is 1.76 bits per heavy atom. The fraction of sp³-hybridized carbons (Fsp3) is 0.235. The van der Waals surface area contributed by atoms with E-state index in [0.29, 0.717) is 12.4 Å². The summed E-state index contributed by atoms with van der Waals surface area (Å²) in [5.41, 5.74) is 2.43.